The van der Waals surface area contributed by atoms with Crippen molar-refractivity contribution in [3.8, 4) is 0 Å². The summed E-state index contributed by atoms with van der Waals surface area (Å²) in [7, 11) is 0. The highest BCUT2D eigenvalue weighted by Crippen LogP contribution is 2.35. The van der Waals surface area contributed by atoms with Crippen LogP contribution in [0.25, 0.3) is 0 Å². The third kappa shape index (κ3) is 3.19. The average Bonchev–Trinajstić information content (AvgIpc) is 2.56. The van der Waals surface area contributed by atoms with Crippen LogP contribution in [0.5, 0.6) is 0 Å². The lowest BCUT2D eigenvalue weighted by atomic mass is 10.0. The van der Waals surface area contributed by atoms with Gasteiger partial charge in [0.05, 0.1) is 5.92 Å². The minimum absolute atomic E-state index is 0.224. The van der Waals surface area contributed by atoms with E-state index < -0.39 is 41.9 Å². The number of aliphatic hydroxyl groups excluding tert-OH is 1. The van der Waals surface area contributed by atoms with Gasteiger partial charge in [0.25, 0.3) is 0 Å². The molecule has 1 aliphatic rings. The normalized spacial score (nSPS) is 30.8. The van der Waals surface area contributed by atoms with Crippen LogP contribution in [0.1, 0.15) is 20.3 Å². The SMILES string of the molecule is CC(=O)OC1C(CO)CC(C(N)=O)C1OC(C)=O. The van der Waals surface area contributed by atoms with E-state index in [1.54, 1.807) is 0 Å². The van der Waals surface area contributed by atoms with Gasteiger partial charge in [-0.3, -0.25) is 14.4 Å². The predicted octanol–water partition coefficient (Wildman–Crippen LogP) is -1.04. The first kappa shape index (κ1) is 14.4. The van der Waals surface area contributed by atoms with Crippen molar-refractivity contribution in [1.82, 2.24) is 0 Å². The van der Waals surface area contributed by atoms with Crippen molar-refractivity contribution < 1.29 is 29.0 Å². The molecule has 18 heavy (non-hydrogen) atoms. The third-order valence-corrected chi connectivity index (χ3v) is 2.95. The van der Waals surface area contributed by atoms with Gasteiger partial charge < -0.3 is 20.3 Å². The summed E-state index contributed by atoms with van der Waals surface area (Å²) in [5, 5.41) is 9.22. The summed E-state index contributed by atoms with van der Waals surface area (Å²) in [4.78, 5) is 33.3. The van der Waals surface area contributed by atoms with Gasteiger partial charge in [-0.2, -0.15) is 0 Å². The monoisotopic (exact) mass is 259 g/mol. The van der Waals surface area contributed by atoms with Gasteiger partial charge in [0.1, 0.15) is 6.10 Å². The highest BCUT2D eigenvalue weighted by molar-refractivity contribution is 5.79. The number of rotatable bonds is 4. The van der Waals surface area contributed by atoms with E-state index in [0.29, 0.717) is 0 Å². The second-order valence-electron chi connectivity index (χ2n) is 4.34. The summed E-state index contributed by atoms with van der Waals surface area (Å²) in [6, 6.07) is 0. The largest absolute Gasteiger partial charge is 0.458 e. The molecular weight excluding hydrogens is 242 g/mol. The van der Waals surface area contributed by atoms with Crippen molar-refractivity contribution in [1.29, 1.82) is 0 Å². The lowest BCUT2D eigenvalue weighted by Gasteiger charge is -2.24. The van der Waals surface area contributed by atoms with E-state index in [9.17, 15) is 19.5 Å². The van der Waals surface area contributed by atoms with Gasteiger partial charge in [-0.15, -0.1) is 0 Å². The zero-order chi connectivity index (χ0) is 13.9. The smallest absolute Gasteiger partial charge is 0.303 e. The van der Waals surface area contributed by atoms with E-state index in [1.165, 1.54) is 13.8 Å². The first-order valence-electron chi connectivity index (χ1n) is 5.61. The molecule has 0 bridgehead atoms. The first-order valence-corrected chi connectivity index (χ1v) is 5.61. The second kappa shape index (κ2) is 5.81. The average molecular weight is 259 g/mol. The number of hydrogen-bond acceptors (Lipinski definition) is 6. The third-order valence-electron chi connectivity index (χ3n) is 2.95. The topological polar surface area (TPSA) is 116 Å². The number of aliphatic hydroxyl groups is 1. The fourth-order valence-electron chi connectivity index (χ4n) is 2.24. The van der Waals surface area contributed by atoms with Crippen LogP contribution in [0.3, 0.4) is 0 Å². The van der Waals surface area contributed by atoms with Crippen molar-refractivity contribution in [3.05, 3.63) is 0 Å². The van der Waals surface area contributed by atoms with Gasteiger partial charge >= 0.3 is 11.9 Å². The summed E-state index contributed by atoms with van der Waals surface area (Å²) in [5.41, 5.74) is 5.22. The summed E-state index contributed by atoms with van der Waals surface area (Å²) in [6.07, 6.45) is -1.54. The zero-order valence-electron chi connectivity index (χ0n) is 10.3. The number of carbonyl (C=O) groups is 3. The van der Waals surface area contributed by atoms with Crippen LogP contribution < -0.4 is 5.73 Å². The standard InChI is InChI=1S/C11H17NO6/c1-5(14)17-9-7(4-13)3-8(11(12)16)10(9)18-6(2)15/h7-10,13H,3-4H2,1-2H3,(H2,12,16). The highest BCUT2D eigenvalue weighted by atomic mass is 16.6. The Labute approximate surface area is 104 Å². The molecule has 1 aliphatic carbocycles. The molecule has 0 aromatic rings. The van der Waals surface area contributed by atoms with Crippen LogP contribution in [0.15, 0.2) is 0 Å². The molecule has 4 atom stereocenters. The molecule has 1 fully saturated rings. The molecule has 102 valence electrons. The molecule has 4 unspecified atom stereocenters. The molecule has 7 nitrogen and oxygen atoms in total. The Morgan fingerprint density at radius 2 is 1.67 bits per heavy atom. The van der Waals surface area contributed by atoms with Gasteiger partial charge in [0.15, 0.2) is 6.10 Å². The molecular formula is C11H17NO6. The van der Waals surface area contributed by atoms with Crippen LogP contribution in [0.2, 0.25) is 0 Å². The van der Waals surface area contributed by atoms with Crippen molar-refractivity contribution in [2.75, 3.05) is 6.61 Å². The Morgan fingerprint density at radius 3 is 2.06 bits per heavy atom. The fourth-order valence-corrected chi connectivity index (χ4v) is 2.24. The molecule has 0 spiro atoms. The fraction of sp³-hybridized carbons (Fsp3) is 0.727. The summed E-state index contributed by atoms with van der Waals surface area (Å²) in [5.74, 6) is -3.02. The van der Waals surface area contributed by atoms with Gasteiger partial charge in [-0.05, 0) is 6.42 Å². The molecule has 1 rings (SSSR count). The lowest BCUT2D eigenvalue weighted by Crippen LogP contribution is -2.40. The van der Waals surface area contributed by atoms with E-state index >= 15 is 0 Å². The Morgan fingerprint density at radius 1 is 1.17 bits per heavy atom. The molecule has 0 heterocycles. The Hall–Kier alpha value is -1.63. The summed E-state index contributed by atoms with van der Waals surface area (Å²) in [6.45, 7) is 2.12. The van der Waals surface area contributed by atoms with Crippen LogP contribution in [0, 0.1) is 11.8 Å². The minimum Gasteiger partial charge on any atom is -0.458 e. The molecule has 0 aromatic heterocycles. The maximum absolute atomic E-state index is 11.3. The number of ether oxygens (including phenoxy) is 2. The van der Waals surface area contributed by atoms with Crippen LogP contribution in [-0.2, 0) is 23.9 Å². The van der Waals surface area contributed by atoms with Gasteiger partial charge in [-0.1, -0.05) is 0 Å². The Kier molecular flexibility index (Phi) is 4.66. The van der Waals surface area contributed by atoms with E-state index in [1.807, 2.05) is 0 Å². The molecule has 0 aromatic carbocycles. The predicted molar refractivity (Wildman–Crippen MR) is 59.0 cm³/mol. The number of esters is 2. The quantitative estimate of drug-likeness (QED) is 0.623. The van der Waals surface area contributed by atoms with E-state index in [-0.39, 0.29) is 13.0 Å². The van der Waals surface area contributed by atoms with Crippen molar-refractivity contribution in [2.24, 2.45) is 17.6 Å². The van der Waals surface area contributed by atoms with Crippen molar-refractivity contribution >= 4 is 17.8 Å². The van der Waals surface area contributed by atoms with Crippen molar-refractivity contribution in [2.45, 2.75) is 32.5 Å². The molecule has 1 saturated carbocycles. The minimum atomic E-state index is -0.930. The molecule has 0 radical (unpaired) electrons. The van der Waals surface area contributed by atoms with Gasteiger partial charge in [-0.25, -0.2) is 0 Å². The van der Waals surface area contributed by atoms with Crippen LogP contribution in [-0.4, -0.2) is 41.8 Å². The second-order valence-corrected chi connectivity index (χ2v) is 4.34. The van der Waals surface area contributed by atoms with E-state index in [0.717, 1.165) is 0 Å². The highest BCUT2D eigenvalue weighted by Gasteiger charge is 2.49. The number of amides is 1. The van der Waals surface area contributed by atoms with Gasteiger partial charge in [0.2, 0.25) is 5.91 Å². The zero-order valence-corrected chi connectivity index (χ0v) is 10.3. The number of carbonyl (C=O) groups excluding carboxylic acids is 3. The van der Waals surface area contributed by atoms with Crippen molar-refractivity contribution in [3.63, 3.8) is 0 Å². The molecule has 0 saturated heterocycles. The lowest BCUT2D eigenvalue weighted by molar-refractivity contribution is -0.168. The van der Waals surface area contributed by atoms with E-state index in [4.69, 9.17) is 15.2 Å². The summed E-state index contributed by atoms with van der Waals surface area (Å²) < 4.78 is 10.0. The number of hydrogen-bond donors (Lipinski definition) is 2. The molecule has 0 aliphatic heterocycles. The van der Waals surface area contributed by atoms with E-state index in [2.05, 4.69) is 0 Å². The Bertz CT molecular complexity index is 355. The number of primary amides is 1. The van der Waals surface area contributed by atoms with Gasteiger partial charge in [0, 0.05) is 26.4 Å². The first-order chi connectivity index (χ1) is 8.36. The molecule has 1 amide bonds. The Balaban J connectivity index is 2.94. The maximum atomic E-state index is 11.3. The molecule has 3 N–H and O–H groups in total. The number of nitrogens with two attached hydrogens (primary N) is 1. The van der Waals surface area contributed by atoms with Crippen LogP contribution >= 0.6 is 0 Å². The summed E-state index contributed by atoms with van der Waals surface area (Å²) >= 11 is 0. The van der Waals surface area contributed by atoms with Crippen LogP contribution in [0.4, 0.5) is 0 Å². The molecule has 7 heteroatoms. The maximum Gasteiger partial charge on any atom is 0.303 e.